The first-order valence-corrected chi connectivity index (χ1v) is 8.11. The quantitative estimate of drug-likeness (QED) is 0.834. The standard InChI is InChI=1S/C15H27N3O3/c1-2-7-17(12-14(19)20)15(21)18-10-6-13(11-18)16-8-4-3-5-9-16/h13H,2-12H2,1H3,(H,19,20). The highest BCUT2D eigenvalue weighted by molar-refractivity contribution is 5.80. The number of carboxylic acid groups (broad SMARTS) is 1. The minimum absolute atomic E-state index is 0.112. The summed E-state index contributed by atoms with van der Waals surface area (Å²) in [6, 6.07) is 0.348. The van der Waals surface area contributed by atoms with Crippen LogP contribution in [0.2, 0.25) is 0 Å². The van der Waals surface area contributed by atoms with Crippen LogP contribution in [-0.2, 0) is 4.79 Å². The topological polar surface area (TPSA) is 64.1 Å². The van der Waals surface area contributed by atoms with E-state index in [1.54, 1.807) is 0 Å². The predicted molar refractivity (Wildman–Crippen MR) is 80.3 cm³/mol. The molecule has 6 nitrogen and oxygen atoms in total. The van der Waals surface area contributed by atoms with Gasteiger partial charge in [0.2, 0.25) is 0 Å². The van der Waals surface area contributed by atoms with E-state index in [2.05, 4.69) is 4.90 Å². The second-order valence-corrected chi connectivity index (χ2v) is 6.08. The van der Waals surface area contributed by atoms with E-state index in [1.165, 1.54) is 24.2 Å². The Morgan fingerprint density at radius 2 is 1.90 bits per heavy atom. The number of carbonyl (C=O) groups is 2. The third kappa shape index (κ3) is 4.33. The van der Waals surface area contributed by atoms with Gasteiger partial charge < -0.3 is 14.9 Å². The number of urea groups is 1. The first-order valence-electron chi connectivity index (χ1n) is 8.11. The maximum atomic E-state index is 12.5. The van der Waals surface area contributed by atoms with Gasteiger partial charge in [-0.1, -0.05) is 13.3 Å². The molecule has 0 aromatic rings. The fraction of sp³-hybridized carbons (Fsp3) is 0.867. The van der Waals surface area contributed by atoms with E-state index in [0.29, 0.717) is 12.6 Å². The molecule has 2 amide bonds. The van der Waals surface area contributed by atoms with Crippen LogP contribution in [0.5, 0.6) is 0 Å². The minimum atomic E-state index is -0.941. The summed E-state index contributed by atoms with van der Waals surface area (Å²) in [7, 11) is 0. The average Bonchev–Trinajstić information content (AvgIpc) is 2.96. The summed E-state index contributed by atoms with van der Waals surface area (Å²) in [4.78, 5) is 29.2. The maximum Gasteiger partial charge on any atom is 0.323 e. The Hall–Kier alpha value is -1.30. The average molecular weight is 297 g/mol. The smallest absolute Gasteiger partial charge is 0.323 e. The summed E-state index contributed by atoms with van der Waals surface area (Å²) < 4.78 is 0. The van der Waals surface area contributed by atoms with Crippen LogP contribution in [0.3, 0.4) is 0 Å². The fourth-order valence-electron chi connectivity index (χ4n) is 3.37. The maximum absolute atomic E-state index is 12.5. The van der Waals surface area contributed by atoms with Crippen LogP contribution in [-0.4, -0.2) is 77.1 Å². The molecule has 0 bridgehead atoms. The number of piperidine rings is 1. The van der Waals surface area contributed by atoms with Gasteiger partial charge in [0.15, 0.2) is 0 Å². The predicted octanol–water partition coefficient (Wildman–Crippen LogP) is 1.46. The molecule has 0 spiro atoms. The van der Waals surface area contributed by atoms with Gasteiger partial charge in [0.05, 0.1) is 0 Å². The molecule has 21 heavy (non-hydrogen) atoms. The summed E-state index contributed by atoms with van der Waals surface area (Å²) >= 11 is 0. The lowest BCUT2D eigenvalue weighted by atomic mass is 10.1. The fourth-order valence-corrected chi connectivity index (χ4v) is 3.37. The van der Waals surface area contributed by atoms with Crippen molar-refractivity contribution in [1.82, 2.24) is 14.7 Å². The van der Waals surface area contributed by atoms with Gasteiger partial charge in [-0.3, -0.25) is 9.69 Å². The summed E-state index contributed by atoms with van der Waals surface area (Å²) in [5.74, 6) is -0.941. The van der Waals surface area contributed by atoms with Crippen molar-refractivity contribution in [2.75, 3.05) is 39.3 Å². The highest BCUT2D eigenvalue weighted by Crippen LogP contribution is 2.21. The van der Waals surface area contributed by atoms with Crippen molar-refractivity contribution < 1.29 is 14.7 Å². The number of nitrogens with zero attached hydrogens (tertiary/aromatic N) is 3. The van der Waals surface area contributed by atoms with Gasteiger partial charge in [0, 0.05) is 25.7 Å². The lowest BCUT2D eigenvalue weighted by molar-refractivity contribution is -0.137. The molecule has 120 valence electrons. The van der Waals surface area contributed by atoms with Crippen molar-refractivity contribution in [2.24, 2.45) is 0 Å². The van der Waals surface area contributed by atoms with Crippen LogP contribution in [0.1, 0.15) is 39.0 Å². The van der Waals surface area contributed by atoms with Gasteiger partial charge in [-0.15, -0.1) is 0 Å². The summed E-state index contributed by atoms with van der Waals surface area (Å²) in [5, 5.41) is 8.94. The van der Waals surface area contributed by atoms with Gasteiger partial charge in [-0.2, -0.15) is 0 Å². The number of amides is 2. The third-order valence-corrected chi connectivity index (χ3v) is 4.43. The first kappa shape index (κ1) is 16.1. The van der Waals surface area contributed by atoms with E-state index in [0.717, 1.165) is 39.0 Å². The Bertz CT molecular complexity index is 369. The first-order chi connectivity index (χ1) is 10.1. The minimum Gasteiger partial charge on any atom is -0.480 e. The Labute approximate surface area is 126 Å². The molecule has 2 aliphatic rings. The zero-order chi connectivity index (χ0) is 15.2. The number of carbonyl (C=O) groups excluding carboxylic acids is 1. The Morgan fingerprint density at radius 3 is 2.52 bits per heavy atom. The second kappa shape index (κ2) is 7.64. The molecule has 1 atom stereocenters. The van der Waals surface area contributed by atoms with Gasteiger partial charge in [-0.25, -0.2) is 4.79 Å². The summed E-state index contributed by atoms with van der Waals surface area (Å²) in [6.45, 7) is 6.05. The monoisotopic (exact) mass is 297 g/mol. The van der Waals surface area contributed by atoms with E-state index in [-0.39, 0.29) is 12.6 Å². The molecule has 2 fully saturated rings. The number of likely N-dealkylation sites (tertiary alicyclic amines) is 2. The van der Waals surface area contributed by atoms with E-state index in [4.69, 9.17) is 5.11 Å². The van der Waals surface area contributed by atoms with Crippen molar-refractivity contribution in [2.45, 2.75) is 45.1 Å². The molecular weight excluding hydrogens is 270 g/mol. The third-order valence-electron chi connectivity index (χ3n) is 4.43. The number of hydrogen-bond donors (Lipinski definition) is 1. The molecule has 0 aromatic heterocycles. The van der Waals surface area contributed by atoms with Crippen LogP contribution in [0.4, 0.5) is 4.79 Å². The Balaban J connectivity index is 1.88. The van der Waals surface area contributed by atoms with Crippen molar-refractivity contribution in [1.29, 1.82) is 0 Å². The Kier molecular flexibility index (Phi) is 5.85. The molecular formula is C15H27N3O3. The van der Waals surface area contributed by atoms with Crippen molar-refractivity contribution in [3.8, 4) is 0 Å². The lowest BCUT2D eigenvalue weighted by Gasteiger charge is -2.32. The van der Waals surface area contributed by atoms with Gasteiger partial charge in [-0.05, 0) is 38.8 Å². The largest absolute Gasteiger partial charge is 0.480 e. The molecule has 0 saturated carbocycles. The summed E-state index contributed by atoms with van der Waals surface area (Å²) in [5.41, 5.74) is 0. The number of carboxylic acids is 1. The second-order valence-electron chi connectivity index (χ2n) is 6.08. The van der Waals surface area contributed by atoms with E-state index in [1.807, 2.05) is 11.8 Å². The highest BCUT2D eigenvalue weighted by atomic mass is 16.4. The molecule has 1 unspecified atom stereocenters. The molecule has 0 radical (unpaired) electrons. The van der Waals surface area contributed by atoms with Crippen LogP contribution < -0.4 is 0 Å². The van der Waals surface area contributed by atoms with Crippen molar-refractivity contribution >= 4 is 12.0 Å². The normalized spacial score (nSPS) is 23.3. The molecule has 6 heteroatoms. The van der Waals surface area contributed by atoms with Crippen LogP contribution in [0.15, 0.2) is 0 Å². The molecule has 2 saturated heterocycles. The van der Waals surface area contributed by atoms with Gasteiger partial charge in [0.25, 0.3) is 0 Å². The molecule has 1 N–H and O–H groups in total. The van der Waals surface area contributed by atoms with E-state index in [9.17, 15) is 9.59 Å². The lowest BCUT2D eigenvalue weighted by Crippen LogP contribution is -2.47. The van der Waals surface area contributed by atoms with E-state index >= 15 is 0 Å². The van der Waals surface area contributed by atoms with Crippen molar-refractivity contribution in [3.63, 3.8) is 0 Å². The van der Waals surface area contributed by atoms with Crippen molar-refractivity contribution in [3.05, 3.63) is 0 Å². The zero-order valence-corrected chi connectivity index (χ0v) is 13.0. The number of hydrogen-bond acceptors (Lipinski definition) is 3. The Morgan fingerprint density at radius 1 is 1.19 bits per heavy atom. The molecule has 0 aromatic carbocycles. The van der Waals surface area contributed by atoms with Crippen LogP contribution in [0.25, 0.3) is 0 Å². The van der Waals surface area contributed by atoms with Gasteiger partial charge >= 0.3 is 12.0 Å². The van der Waals surface area contributed by atoms with E-state index < -0.39 is 5.97 Å². The van der Waals surface area contributed by atoms with Gasteiger partial charge in [0.1, 0.15) is 6.54 Å². The molecule has 2 heterocycles. The summed E-state index contributed by atoms with van der Waals surface area (Å²) in [6.07, 6.45) is 5.62. The van der Waals surface area contributed by atoms with Crippen LogP contribution >= 0.6 is 0 Å². The highest BCUT2D eigenvalue weighted by Gasteiger charge is 2.33. The molecule has 2 aliphatic heterocycles. The molecule has 0 aliphatic carbocycles. The van der Waals surface area contributed by atoms with Crippen LogP contribution in [0, 0.1) is 0 Å². The number of rotatable bonds is 5. The number of aliphatic carboxylic acids is 1. The molecule has 2 rings (SSSR count). The SMILES string of the molecule is CCCN(CC(=O)O)C(=O)N1CCC(N2CCCCC2)C1. The zero-order valence-electron chi connectivity index (χ0n) is 13.0.